The molecule has 0 saturated carbocycles. The predicted molar refractivity (Wildman–Crippen MR) is 61.6 cm³/mol. The maximum Gasteiger partial charge on any atom is 2.00 e. The van der Waals surface area contributed by atoms with Crippen LogP contribution in [0.25, 0.3) is 10.8 Å². The number of hydrogen-bond acceptors (Lipinski definition) is 0. The van der Waals surface area contributed by atoms with Crippen molar-refractivity contribution in [3.63, 3.8) is 0 Å². The summed E-state index contributed by atoms with van der Waals surface area (Å²) in [5, 5.41) is 2.66. The van der Waals surface area contributed by atoms with E-state index >= 15 is 0 Å². The van der Waals surface area contributed by atoms with Crippen LogP contribution in [-0.2, 0) is 16.8 Å². The zero-order chi connectivity index (χ0) is 9.64. The van der Waals surface area contributed by atoms with E-state index in [2.05, 4.69) is 42.5 Å². The summed E-state index contributed by atoms with van der Waals surface area (Å²) in [6.07, 6.45) is 0. The number of benzene rings is 1. The molecule has 0 unspecified atom stereocenters. The third-order valence-electron chi connectivity index (χ3n) is 2.10. The normalized spacial score (nSPS) is 8.80. The first-order chi connectivity index (χ1) is 6.97. The van der Waals surface area contributed by atoms with Crippen LogP contribution >= 0.6 is 0 Å². The predicted octanol–water partition coefficient (Wildman–Crippen LogP) is 3.96. The van der Waals surface area contributed by atoms with Gasteiger partial charge in [0.25, 0.3) is 0 Å². The second-order valence-electron chi connectivity index (χ2n) is 3.12. The van der Waals surface area contributed by atoms with Gasteiger partial charge < -0.3 is 0 Å². The average Bonchev–Trinajstić information content (AvgIpc) is 2.92. The molecule has 1 radical (unpaired) electrons. The summed E-state index contributed by atoms with van der Waals surface area (Å²) in [5.74, 6) is 0. The zero-order valence-corrected chi connectivity index (χ0v) is 9.30. The monoisotopic (exact) mass is 239 g/mol. The van der Waals surface area contributed by atoms with Crippen LogP contribution in [0.2, 0.25) is 0 Å². The molecule has 0 nitrogen and oxygen atoms in total. The van der Waals surface area contributed by atoms with Gasteiger partial charge in [-0.2, -0.15) is 35.7 Å². The van der Waals surface area contributed by atoms with Gasteiger partial charge in [0.2, 0.25) is 0 Å². The molecule has 0 aromatic heterocycles. The van der Waals surface area contributed by atoms with Crippen LogP contribution in [0.15, 0.2) is 72.8 Å². The fourth-order valence-corrected chi connectivity index (χ4v) is 1.39. The van der Waals surface area contributed by atoms with Gasteiger partial charge in [-0.1, -0.05) is 6.07 Å². The maximum absolute atomic E-state index is 2.12. The van der Waals surface area contributed by atoms with E-state index in [1.165, 1.54) is 10.8 Å². The topological polar surface area (TPSA) is 0 Å². The summed E-state index contributed by atoms with van der Waals surface area (Å²) in [4.78, 5) is 0. The molecular formula is C14H12Co. The Hall–Kier alpha value is -1.31. The van der Waals surface area contributed by atoms with Crippen molar-refractivity contribution in [3.05, 3.63) is 72.8 Å². The minimum absolute atomic E-state index is 0. The van der Waals surface area contributed by atoms with E-state index in [4.69, 9.17) is 0 Å². The Morgan fingerprint density at radius 2 is 1.47 bits per heavy atom. The van der Waals surface area contributed by atoms with E-state index in [0.29, 0.717) is 0 Å². The standard InChI is InChI=1S/C9H7.C5H5.Co/c1-2-5-9-7-3-6-8(9)4-1;1-2-4-5-3-1;/h1-7H;1-5H;/q2*-1;+2. The SMILES string of the molecule is [Co+2].c1cc[cH-]c1.c1ccc2[cH-]ccc2c1. The second kappa shape index (κ2) is 6.22. The van der Waals surface area contributed by atoms with E-state index in [0.717, 1.165) is 0 Å². The first-order valence-electron chi connectivity index (χ1n) is 4.74. The zero-order valence-electron chi connectivity index (χ0n) is 8.26. The molecule has 0 aliphatic rings. The van der Waals surface area contributed by atoms with E-state index < -0.39 is 0 Å². The fourth-order valence-electron chi connectivity index (χ4n) is 1.39. The average molecular weight is 239 g/mol. The van der Waals surface area contributed by atoms with Crippen molar-refractivity contribution in [1.29, 1.82) is 0 Å². The fraction of sp³-hybridized carbons (Fsp3) is 0. The number of rotatable bonds is 0. The molecular weight excluding hydrogens is 227 g/mol. The van der Waals surface area contributed by atoms with Gasteiger partial charge in [0.15, 0.2) is 0 Å². The van der Waals surface area contributed by atoms with Crippen LogP contribution in [0.1, 0.15) is 0 Å². The largest absolute Gasteiger partial charge is 2.00 e. The second-order valence-corrected chi connectivity index (χ2v) is 3.12. The Morgan fingerprint density at radius 1 is 0.733 bits per heavy atom. The minimum Gasteiger partial charge on any atom is -0.214 e. The van der Waals surface area contributed by atoms with Crippen molar-refractivity contribution in [2.24, 2.45) is 0 Å². The molecule has 3 aromatic carbocycles. The third kappa shape index (κ3) is 3.39. The molecule has 0 aliphatic carbocycles. The summed E-state index contributed by atoms with van der Waals surface area (Å²) in [6.45, 7) is 0. The smallest absolute Gasteiger partial charge is 0.214 e. The van der Waals surface area contributed by atoms with E-state index in [9.17, 15) is 0 Å². The van der Waals surface area contributed by atoms with Gasteiger partial charge in [-0.3, -0.25) is 0 Å². The molecule has 0 heterocycles. The Morgan fingerprint density at radius 3 is 2.07 bits per heavy atom. The molecule has 0 spiro atoms. The Balaban J connectivity index is 0.000000162. The van der Waals surface area contributed by atoms with Crippen LogP contribution in [0, 0.1) is 0 Å². The Kier molecular flexibility index (Phi) is 4.88. The van der Waals surface area contributed by atoms with Crippen LogP contribution < -0.4 is 0 Å². The third-order valence-corrected chi connectivity index (χ3v) is 2.10. The molecule has 77 valence electrons. The van der Waals surface area contributed by atoms with Gasteiger partial charge in [-0.05, 0) is 0 Å². The van der Waals surface area contributed by atoms with Crippen molar-refractivity contribution < 1.29 is 16.8 Å². The van der Waals surface area contributed by atoms with Gasteiger partial charge >= 0.3 is 16.8 Å². The van der Waals surface area contributed by atoms with Crippen LogP contribution in [0.3, 0.4) is 0 Å². The molecule has 0 saturated heterocycles. The first kappa shape index (κ1) is 11.8. The summed E-state index contributed by atoms with van der Waals surface area (Å²) >= 11 is 0. The molecule has 3 rings (SSSR count). The van der Waals surface area contributed by atoms with E-state index in [1.807, 2.05) is 30.3 Å². The molecule has 3 aromatic rings. The van der Waals surface area contributed by atoms with Gasteiger partial charge in [0.1, 0.15) is 0 Å². The number of hydrogen-bond donors (Lipinski definition) is 0. The van der Waals surface area contributed by atoms with Gasteiger partial charge in [-0.25, -0.2) is 12.1 Å². The molecule has 0 amide bonds. The first-order valence-corrected chi connectivity index (χ1v) is 4.74. The van der Waals surface area contributed by atoms with Crippen molar-refractivity contribution in [2.75, 3.05) is 0 Å². The molecule has 0 bridgehead atoms. The van der Waals surface area contributed by atoms with Crippen LogP contribution in [-0.4, -0.2) is 0 Å². The summed E-state index contributed by atoms with van der Waals surface area (Å²) < 4.78 is 0. The molecule has 1 heteroatoms. The summed E-state index contributed by atoms with van der Waals surface area (Å²) in [6, 6.07) is 24.7. The quantitative estimate of drug-likeness (QED) is 0.521. The van der Waals surface area contributed by atoms with Crippen LogP contribution in [0.5, 0.6) is 0 Å². The van der Waals surface area contributed by atoms with Gasteiger partial charge in [0, 0.05) is 0 Å². The molecule has 15 heavy (non-hydrogen) atoms. The Bertz CT molecular complexity index is 415. The molecule has 0 N–H and O–H groups in total. The van der Waals surface area contributed by atoms with Crippen LogP contribution in [0.4, 0.5) is 0 Å². The maximum atomic E-state index is 2.12. The summed E-state index contributed by atoms with van der Waals surface area (Å²) in [5.41, 5.74) is 0. The van der Waals surface area contributed by atoms with Crippen molar-refractivity contribution in [2.45, 2.75) is 0 Å². The van der Waals surface area contributed by atoms with Crippen molar-refractivity contribution in [3.8, 4) is 0 Å². The minimum atomic E-state index is 0. The molecule has 0 aliphatic heterocycles. The van der Waals surface area contributed by atoms with Crippen molar-refractivity contribution >= 4 is 10.8 Å². The molecule has 0 fully saturated rings. The van der Waals surface area contributed by atoms with Crippen molar-refractivity contribution in [1.82, 2.24) is 0 Å². The van der Waals surface area contributed by atoms with E-state index in [-0.39, 0.29) is 16.8 Å². The summed E-state index contributed by atoms with van der Waals surface area (Å²) in [7, 11) is 0. The Labute approximate surface area is 100 Å². The number of fused-ring (bicyclic) bond motifs is 1. The molecule has 0 atom stereocenters. The van der Waals surface area contributed by atoms with Gasteiger partial charge in [0.05, 0.1) is 0 Å². The van der Waals surface area contributed by atoms with E-state index in [1.54, 1.807) is 0 Å². The van der Waals surface area contributed by atoms with Gasteiger partial charge in [-0.15, -0.1) is 29.7 Å².